The number of alkyl halides is 3. The monoisotopic (exact) mass is 334 g/mol. The van der Waals surface area contributed by atoms with Gasteiger partial charge in [0.25, 0.3) is 0 Å². The number of nitrogens with two attached hydrogens (primary N) is 1. The van der Waals surface area contributed by atoms with E-state index in [1.807, 2.05) is 13.8 Å². The Bertz CT molecular complexity index is 478. The van der Waals surface area contributed by atoms with Gasteiger partial charge in [0.2, 0.25) is 5.91 Å². The number of amidine groups is 1. The highest BCUT2D eigenvalue weighted by Gasteiger charge is 2.22. The fourth-order valence-electron chi connectivity index (χ4n) is 1.86. The number of carbonyl (C=O) groups excluding carboxylic acids is 1. The zero-order valence-corrected chi connectivity index (χ0v) is 13.9. The van der Waals surface area contributed by atoms with Gasteiger partial charge in [0.1, 0.15) is 5.84 Å². The second-order valence-corrected chi connectivity index (χ2v) is 4.96. The van der Waals surface area contributed by atoms with E-state index >= 15 is 0 Å². The molecular weight excluding hydrogens is 309 g/mol. The smallest absolute Gasteiger partial charge is 0.402 e. The Kier molecular flexibility index (Phi) is 9.05. The Morgan fingerprint density at radius 2 is 1.96 bits per heavy atom. The number of rotatable bonds is 7. The van der Waals surface area contributed by atoms with E-state index in [4.69, 9.17) is 5.73 Å². The number of amides is 1. The minimum absolute atomic E-state index is 0.0919. The Morgan fingerprint density at radius 3 is 2.35 bits per heavy atom. The van der Waals surface area contributed by atoms with E-state index in [0.717, 1.165) is 5.57 Å². The van der Waals surface area contributed by atoms with Crippen molar-refractivity contribution < 1.29 is 18.0 Å². The van der Waals surface area contributed by atoms with E-state index < -0.39 is 12.1 Å². The molecule has 0 spiro atoms. The van der Waals surface area contributed by atoms with Gasteiger partial charge in [0, 0.05) is 43.1 Å². The molecule has 4 N–H and O–H groups in total. The number of nitrogens with one attached hydrogen (secondary N) is 2. The van der Waals surface area contributed by atoms with E-state index in [9.17, 15) is 18.0 Å². The summed E-state index contributed by atoms with van der Waals surface area (Å²) in [4.78, 5) is 15.5. The van der Waals surface area contributed by atoms with Crippen molar-refractivity contribution in [3.63, 3.8) is 0 Å². The zero-order chi connectivity index (χ0) is 18.0. The van der Waals surface area contributed by atoms with Crippen LogP contribution in [0.2, 0.25) is 0 Å². The summed E-state index contributed by atoms with van der Waals surface area (Å²) in [6.07, 6.45) is -2.77. The van der Waals surface area contributed by atoms with Gasteiger partial charge in [-0.2, -0.15) is 13.2 Å². The Morgan fingerprint density at radius 1 is 1.35 bits per heavy atom. The van der Waals surface area contributed by atoms with Crippen LogP contribution in [-0.4, -0.2) is 37.6 Å². The molecule has 1 amide bonds. The van der Waals surface area contributed by atoms with Crippen LogP contribution in [0.25, 0.3) is 0 Å². The van der Waals surface area contributed by atoms with Gasteiger partial charge < -0.3 is 16.4 Å². The lowest BCUT2D eigenvalue weighted by Gasteiger charge is -2.21. The second-order valence-electron chi connectivity index (χ2n) is 4.96. The molecule has 0 aromatic rings. The topological polar surface area (TPSA) is 79.5 Å². The molecule has 0 aliphatic carbocycles. The van der Waals surface area contributed by atoms with Crippen LogP contribution in [0.1, 0.15) is 33.6 Å². The summed E-state index contributed by atoms with van der Waals surface area (Å²) in [5.41, 5.74) is 7.33. The first-order valence-electron chi connectivity index (χ1n) is 7.37. The number of aliphatic imine (C=N–C) groups is 1. The molecule has 0 saturated carbocycles. The molecule has 0 radical (unpaired) electrons. The van der Waals surface area contributed by atoms with Crippen LogP contribution in [0.5, 0.6) is 0 Å². The van der Waals surface area contributed by atoms with Crippen molar-refractivity contribution in [2.75, 3.05) is 13.6 Å². The molecule has 0 fully saturated rings. The number of halogens is 3. The number of allylic oxidation sites excluding steroid dienone is 2. The third kappa shape index (κ3) is 8.90. The molecule has 8 heteroatoms. The number of nitrogens with zero attached hydrogens (tertiary/aromatic N) is 1. The van der Waals surface area contributed by atoms with Gasteiger partial charge in [-0.05, 0) is 19.8 Å². The molecule has 0 heterocycles. The Balaban J connectivity index is 4.71. The van der Waals surface area contributed by atoms with Crippen molar-refractivity contribution in [2.45, 2.75) is 45.8 Å². The quantitative estimate of drug-likeness (QED) is 0.380. The zero-order valence-electron chi connectivity index (χ0n) is 13.9. The predicted octanol–water partition coefficient (Wildman–Crippen LogP) is 2.26. The van der Waals surface area contributed by atoms with E-state index in [0.29, 0.717) is 30.5 Å². The fraction of sp³-hybridized carbons (Fsp3) is 0.600. The molecule has 0 aromatic carbocycles. The molecule has 1 unspecified atom stereocenters. The Hall–Kier alpha value is -1.99. The molecule has 0 aliphatic heterocycles. The number of carbonyl (C=O) groups is 1. The SMILES string of the molecule is CCC(C(=NC)NC(CC)CNC(=O)/C=C/C(F)(F)F)=C(C)N. The summed E-state index contributed by atoms with van der Waals surface area (Å²) in [6.45, 7) is 5.80. The Labute approximate surface area is 134 Å². The first-order chi connectivity index (χ1) is 10.6. The minimum atomic E-state index is -4.50. The molecule has 132 valence electrons. The van der Waals surface area contributed by atoms with Gasteiger partial charge in [-0.3, -0.25) is 9.79 Å². The summed E-state index contributed by atoms with van der Waals surface area (Å²) in [5, 5.41) is 5.60. The molecule has 0 bridgehead atoms. The van der Waals surface area contributed by atoms with Crippen LogP contribution in [0.3, 0.4) is 0 Å². The molecular formula is C15H25F3N4O. The van der Waals surface area contributed by atoms with E-state index in [1.165, 1.54) is 0 Å². The minimum Gasteiger partial charge on any atom is -0.402 e. The van der Waals surface area contributed by atoms with Crippen LogP contribution in [-0.2, 0) is 4.79 Å². The largest absolute Gasteiger partial charge is 0.409 e. The number of hydrogen-bond acceptors (Lipinski definition) is 3. The normalized spacial score (nSPS) is 15.3. The average molecular weight is 334 g/mol. The molecule has 0 rings (SSSR count). The summed E-state index contributed by atoms with van der Waals surface area (Å²) in [5.74, 6) is -0.168. The lowest BCUT2D eigenvalue weighted by atomic mass is 10.1. The van der Waals surface area contributed by atoms with Crippen molar-refractivity contribution in [1.29, 1.82) is 0 Å². The number of hydrogen-bond donors (Lipinski definition) is 3. The van der Waals surface area contributed by atoms with Gasteiger partial charge in [-0.25, -0.2) is 0 Å². The lowest BCUT2D eigenvalue weighted by Crippen LogP contribution is -2.44. The van der Waals surface area contributed by atoms with Crippen LogP contribution in [0.15, 0.2) is 28.4 Å². The van der Waals surface area contributed by atoms with Gasteiger partial charge in [-0.1, -0.05) is 13.8 Å². The van der Waals surface area contributed by atoms with Crippen LogP contribution in [0, 0.1) is 0 Å². The van der Waals surface area contributed by atoms with Crippen LogP contribution in [0.4, 0.5) is 13.2 Å². The maximum Gasteiger partial charge on any atom is 0.409 e. The van der Waals surface area contributed by atoms with Crippen molar-refractivity contribution in [3.05, 3.63) is 23.4 Å². The molecule has 0 aromatic heterocycles. The maximum absolute atomic E-state index is 12.0. The molecule has 1 atom stereocenters. The molecule has 5 nitrogen and oxygen atoms in total. The van der Waals surface area contributed by atoms with Crippen molar-refractivity contribution in [1.82, 2.24) is 10.6 Å². The third-order valence-electron chi connectivity index (χ3n) is 3.12. The molecule has 0 aliphatic rings. The van der Waals surface area contributed by atoms with E-state index in [-0.39, 0.29) is 18.7 Å². The van der Waals surface area contributed by atoms with E-state index in [1.54, 1.807) is 14.0 Å². The van der Waals surface area contributed by atoms with Crippen molar-refractivity contribution in [2.24, 2.45) is 10.7 Å². The van der Waals surface area contributed by atoms with Crippen LogP contribution < -0.4 is 16.4 Å². The summed E-state index contributed by atoms with van der Waals surface area (Å²) < 4.78 is 36.0. The highest BCUT2D eigenvalue weighted by Crippen LogP contribution is 2.15. The second kappa shape index (κ2) is 9.91. The summed E-state index contributed by atoms with van der Waals surface area (Å²) in [6, 6.07) is -0.169. The van der Waals surface area contributed by atoms with E-state index in [2.05, 4.69) is 15.6 Å². The fourth-order valence-corrected chi connectivity index (χ4v) is 1.86. The molecule has 0 saturated heterocycles. The van der Waals surface area contributed by atoms with Gasteiger partial charge in [0.05, 0.1) is 0 Å². The highest BCUT2D eigenvalue weighted by molar-refractivity contribution is 5.99. The average Bonchev–Trinajstić information content (AvgIpc) is 2.47. The maximum atomic E-state index is 12.0. The van der Waals surface area contributed by atoms with Crippen molar-refractivity contribution >= 4 is 11.7 Å². The summed E-state index contributed by atoms with van der Waals surface area (Å²) in [7, 11) is 1.62. The first kappa shape index (κ1) is 21.0. The predicted molar refractivity (Wildman–Crippen MR) is 86.0 cm³/mol. The van der Waals surface area contributed by atoms with Gasteiger partial charge in [0.15, 0.2) is 0 Å². The molecule has 23 heavy (non-hydrogen) atoms. The lowest BCUT2D eigenvalue weighted by molar-refractivity contribution is -0.117. The van der Waals surface area contributed by atoms with Gasteiger partial charge in [-0.15, -0.1) is 0 Å². The van der Waals surface area contributed by atoms with Crippen molar-refractivity contribution in [3.8, 4) is 0 Å². The first-order valence-corrected chi connectivity index (χ1v) is 7.37. The summed E-state index contributed by atoms with van der Waals surface area (Å²) >= 11 is 0. The van der Waals surface area contributed by atoms with Crippen LogP contribution >= 0.6 is 0 Å². The third-order valence-corrected chi connectivity index (χ3v) is 3.12. The highest BCUT2D eigenvalue weighted by atomic mass is 19.4. The standard InChI is InChI=1S/C15H25F3N4O/c1-5-11(9-21-13(23)7-8-15(16,17)18)22-14(20-4)12(6-2)10(3)19/h7-8,11H,5-6,9,19H2,1-4H3,(H,20,22)(H,21,23)/b8-7+,12-10?. The van der Waals surface area contributed by atoms with Gasteiger partial charge >= 0.3 is 6.18 Å².